The molecule has 1 atom stereocenters. The number of thioether (sulfide) groups is 1. The number of hydrogen-bond acceptors (Lipinski definition) is 4. The highest BCUT2D eigenvalue weighted by Gasteiger charge is 2.27. The summed E-state index contributed by atoms with van der Waals surface area (Å²) in [6, 6.07) is -0.527. The Labute approximate surface area is 84.4 Å². The topological polar surface area (TPSA) is 95.5 Å². The number of aliphatic carboxylic acids is 1. The molecule has 14 heavy (non-hydrogen) atoms. The number of nitrogens with one attached hydrogen (secondary N) is 2. The molecule has 3 N–H and O–H groups in total. The molecular formula is C7H10N2O4S. The molecule has 0 unspecified atom stereocenters. The Kier molecular flexibility index (Phi) is 3.75. The lowest BCUT2D eigenvalue weighted by Crippen LogP contribution is -2.43. The van der Waals surface area contributed by atoms with Gasteiger partial charge in [0.25, 0.3) is 5.24 Å². The van der Waals surface area contributed by atoms with Crippen LogP contribution in [0, 0.1) is 0 Å². The van der Waals surface area contributed by atoms with Gasteiger partial charge in [-0.3, -0.25) is 14.4 Å². The smallest absolute Gasteiger partial charge is 0.305 e. The van der Waals surface area contributed by atoms with Gasteiger partial charge in [-0.05, 0) is 0 Å². The van der Waals surface area contributed by atoms with Crippen LogP contribution < -0.4 is 10.6 Å². The molecule has 1 rings (SSSR count). The maximum Gasteiger partial charge on any atom is 0.305 e. The van der Waals surface area contributed by atoms with E-state index >= 15 is 0 Å². The van der Waals surface area contributed by atoms with Crippen molar-refractivity contribution >= 4 is 28.9 Å². The Morgan fingerprint density at radius 2 is 2.36 bits per heavy atom. The molecule has 6 nitrogen and oxygen atoms in total. The van der Waals surface area contributed by atoms with Crippen LogP contribution in [0.25, 0.3) is 0 Å². The zero-order chi connectivity index (χ0) is 10.6. The van der Waals surface area contributed by atoms with Gasteiger partial charge < -0.3 is 15.7 Å². The predicted octanol–water partition coefficient (Wildman–Crippen LogP) is -0.598. The monoisotopic (exact) mass is 218 g/mol. The third-order valence-corrected chi connectivity index (χ3v) is 2.51. The highest BCUT2D eigenvalue weighted by atomic mass is 32.2. The maximum atomic E-state index is 11.2. The third kappa shape index (κ3) is 3.25. The van der Waals surface area contributed by atoms with Crippen LogP contribution in [0.2, 0.25) is 0 Å². The SMILES string of the molecule is O=C(O)CCNC(=O)[C@@H]1CSC(=O)N1. The molecule has 7 heteroatoms. The number of carbonyl (C=O) groups is 3. The second-order valence-corrected chi connectivity index (χ2v) is 3.72. The van der Waals surface area contributed by atoms with Crippen molar-refractivity contribution in [3.8, 4) is 0 Å². The summed E-state index contributed by atoms with van der Waals surface area (Å²) in [6.45, 7) is 0.0885. The quantitative estimate of drug-likeness (QED) is 0.585. The molecule has 0 bridgehead atoms. The van der Waals surface area contributed by atoms with Gasteiger partial charge in [-0.1, -0.05) is 11.8 Å². The standard InChI is InChI=1S/C7H10N2O4S/c10-5(11)1-2-8-6(12)4-3-14-7(13)9-4/h4H,1-3H2,(H,8,12)(H,9,13)(H,10,11)/t4-/m0/s1. The van der Waals surface area contributed by atoms with Crippen LogP contribution >= 0.6 is 11.8 Å². The van der Waals surface area contributed by atoms with Gasteiger partial charge in [0, 0.05) is 12.3 Å². The summed E-state index contributed by atoms with van der Waals surface area (Å²) in [6.07, 6.45) is -0.112. The molecule has 2 amide bonds. The van der Waals surface area contributed by atoms with Gasteiger partial charge in [-0.15, -0.1) is 0 Å². The predicted molar refractivity (Wildman–Crippen MR) is 50.0 cm³/mol. The number of hydrogen-bond donors (Lipinski definition) is 3. The summed E-state index contributed by atoms with van der Waals surface area (Å²) < 4.78 is 0. The summed E-state index contributed by atoms with van der Waals surface area (Å²) in [4.78, 5) is 32.1. The average Bonchev–Trinajstić information content (AvgIpc) is 2.51. The second kappa shape index (κ2) is 4.85. The van der Waals surface area contributed by atoms with Crippen molar-refractivity contribution in [3.63, 3.8) is 0 Å². The Balaban J connectivity index is 2.22. The minimum atomic E-state index is -0.963. The Hall–Kier alpha value is -1.24. The highest BCUT2D eigenvalue weighted by Crippen LogP contribution is 2.12. The van der Waals surface area contributed by atoms with Crippen molar-refractivity contribution in [1.82, 2.24) is 10.6 Å². The Morgan fingerprint density at radius 1 is 1.64 bits per heavy atom. The van der Waals surface area contributed by atoms with Crippen molar-refractivity contribution in [3.05, 3.63) is 0 Å². The minimum absolute atomic E-state index is 0.0885. The van der Waals surface area contributed by atoms with Crippen molar-refractivity contribution in [2.75, 3.05) is 12.3 Å². The van der Waals surface area contributed by atoms with Crippen LogP contribution in [0.4, 0.5) is 4.79 Å². The third-order valence-electron chi connectivity index (χ3n) is 1.63. The van der Waals surface area contributed by atoms with Crippen LogP contribution in [-0.2, 0) is 9.59 Å². The summed E-state index contributed by atoms with van der Waals surface area (Å²) in [5.74, 6) is -0.891. The fourth-order valence-electron chi connectivity index (χ4n) is 0.942. The van der Waals surface area contributed by atoms with E-state index in [0.29, 0.717) is 5.75 Å². The number of rotatable bonds is 4. The molecule has 0 aromatic carbocycles. The van der Waals surface area contributed by atoms with Gasteiger partial charge in [-0.2, -0.15) is 0 Å². The summed E-state index contributed by atoms with van der Waals surface area (Å²) >= 11 is 1.05. The molecule has 1 aliphatic heterocycles. The van der Waals surface area contributed by atoms with Crippen molar-refractivity contribution in [1.29, 1.82) is 0 Å². The first kappa shape index (κ1) is 10.8. The van der Waals surface area contributed by atoms with E-state index in [0.717, 1.165) is 11.8 Å². The summed E-state index contributed by atoms with van der Waals surface area (Å²) in [7, 11) is 0. The first-order valence-electron chi connectivity index (χ1n) is 4.02. The first-order chi connectivity index (χ1) is 6.59. The number of carbonyl (C=O) groups excluding carboxylic acids is 2. The first-order valence-corrected chi connectivity index (χ1v) is 5.01. The van der Waals surface area contributed by atoms with Crippen molar-refractivity contribution in [2.45, 2.75) is 12.5 Å². The van der Waals surface area contributed by atoms with E-state index in [1.165, 1.54) is 0 Å². The molecule has 0 radical (unpaired) electrons. The lowest BCUT2D eigenvalue weighted by Gasteiger charge is -2.08. The zero-order valence-corrected chi connectivity index (χ0v) is 8.10. The van der Waals surface area contributed by atoms with Gasteiger partial charge in [0.1, 0.15) is 6.04 Å². The molecule has 1 heterocycles. The van der Waals surface area contributed by atoms with E-state index in [-0.39, 0.29) is 24.1 Å². The van der Waals surface area contributed by atoms with Gasteiger partial charge >= 0.3 is 5.97 Å². The normalized spacial score (nSPS) is 20.3. The minimum Gasteiger partial charge on any atom is -0.481 e. The van der Waals surface area contributed by atoms with Crippen LogP contribution in [0.3, 0.4) is 0 Å². The number of amides is 2. The molecule has 78 valence electrons. The molecule has 0 spiro atoms. The van der Waals surface area contributed by atoms with Crippen LogP contribution in [-0.4, -0.2) is 40.6 Å². The van der Waals surface area contributed by atoms with Gasteiger partial charge in [0.15, 0.2) is 0 Å². The molecule has 0 aromatic rings. The molecule has 0 saturated carbocycles. The second-order valence-electron chi connectivity index (χ2n) is 2.73. The lowest BCUT2D eigenvalue weighted by molar-refractivity contribution is -0.136. The number of carboxylic acid groups (broad SMARTS) is 1. The molecule has 1 aliphatic rings. The Bertz CT molecular complexity index is 268. The summed E-state index contributed by atoms with van der Waals surface area (Å²) in [5, 5.41) is 13.0. The van der Waals surface area contributed by atoms with Gasteiger partial charge in [0.05, 0.1) is 6.42 Å². The maximum absolute atomic E-state index is 11.2. The largest absolute Gasteiger partial charge is 0.481 e. The van der Waals surface area contributed by atoms with Crippen molar-refractivity contribution in [2.24, 2.45) is 0 Å². The van der Waals surface area contributed by atoms with Gasteiger partial charge in [-0.25, -0.2) is 0 Å². The number of carboxylic acids is 1. The molecule has 0 aliphatic carbocycles. The van der Waals surface area contributed by atoms with Crippen LogP contribution in [0.1, 0.15) is 6.42 Å². The van der Waals surface area contributed by atoms with E-state index in [9.17, 15) is 14.4 Å². The highest BCUT2D eigenvalue weighted by molar-refractivity contribution is 8.14. The lowest BCUT2D eigenvalue weighted by atomic mass is 10.3. The van der Waals surface area contributed by atoms with Crippen LogP contribution in [0.5, 0.6) is 0 Å². The van der Waals surface area contributed by atoms with E-state index in [4.69, 9.17) is 5.11 Å². The fraction of sp³-hybridized carbons (Fsp3) is 0.571. The fourth-order valence-corrected chi connectivity index (χ4v) is 1.72. The van der Waals surface area contributed by atoms with Crippen LogP contribution in [0.15, 0.2) is 0 Å². The van der Waals surface area contributed by atoms with E-state index in [2.05, 4.69) is 10.6 Å². The molecule has 1 saturated heterocycles. The zero-order valence-electron chi connectivity index (χ0n) is 7.28. The molecular weight excluding hydrogens is 208 g/mol. The van der Waals surface area contributed by atoms with E-state index in [1.807, 2.05) is 0 Å². The van der Waals surface area contributed by atoms with Gasteiger partial charge in [0.2, 0.25) is 5.91 Å². The summed E-state index contributed by atoms with van der Waals surface area (Å²) in [5.41, 5.74) is 0. The average molecular weight is 218 g/mol. The molecule has 0 aromatic heterocycles. The Morgan fingerprint density at radius 3 is 2.86 bits per heavy atom. The molecule has 1 fully saturated rings. The van der Waals surface area contributed by atoms with E-state index < -0.39 is 12.0 Å². The van der Waals surface area contributed by atoms with Crippen molar-refractivity contribution < 1.29 is 19.5 Å². The van der Waals surface area contributed by atoms with E-state index in [1.54, 1.807) is 0 Å².